The van der Waals surface area contributed by atoms with Gasteiger partial charge >= 0.3 is 5.97 Å². The van der Waals surface area contributed by atoms with Crippen molar-refractivity contribution in [3.05, 3.63) is 11.6 Å². The highest BCUT2D eigenvalue weighted by Gasteiger charge is 2.61. The fourth-order valence-electron chi connectivity index (χ4n) is 7.65. The number of carbonyl (C=O) groups excluding carboxylic acids is 3. The molecule has 32 heavy (non-hydrogen) atoms. The number of Topliss-reactive ketones (excluding diaryl/α,β-unsaturated/α-hetero) is 1. The van der Waals surface area contributed by atoms with Gasteiger partial charge in [-0.15, -0.1) is 0 Å². The monoisotopic (exact) mass is 466 g/mol. The maximum absolute atomic E-state index is 12.9. The third-order valence-electron chi connectivity index (χ3n) is 9.02. The number of ketones is 2. The summed E-state index contributed by atoms with van der Waals surface area (Å²) in [6, 6.07) is 0. The summed E-state index contributed by atoms with van der Waals surface area (Å²) in [6.07, 6.45) is 9.12. The van der Waals surface area contributed by atoms with Gasteiger partial charge in [-0.1, -0.05) is 12.5 Å². The Labute approximate surface area is 190 Å². The molecule has 4 aliphatic carbocycles. The smallest absolute Gasteiger partial charge is 0.303 e. The average molecular weight is 467 g/mol. The van der Waals surface area contributed by atoms with Crippen LogP contribution in [0.4, 0.5) is 0 Å². The molecule has 0 aromatic heterocycles. The number of rotatable bonds is 6. The van der Waals surface area contributed by atoms with E-state index in [0.717, 1.165) is 50.4 Å². The SMILES string of the molecule is CC(=O)OCC(=O)[C@H]1CC[C@H]2[C@@H]3CCC4=CC(=O)CC[C@]4(COS(C)(=O)=O)[C@H]3CC[C@]12C. The van der Waals surface area contributed by atoms with E-state index in [1.165, 1.54) is 6.92 Å². The lowest BCUT2D eigenvalue weighted by Gasteiger charge is -2.58. The summed E-state index contributed by atoms with van der Waals surface area (Å²) in [4.78, 5) is 36.3. The Morgan fingerprint density at radius 1 is 1.09 bits per heavy atom. The van der Waals surface area contributed by atoms with E-state index in [1.54, 1.807) is 6.08 Å². The molecule has 6 atom stereocenters. The Balaban J connectivity index is 1.61. The van der Waals surface area contributed by atoms with Gasteiger partial charge in [-0.25, -0.2) is 0 Å². The van der Waals surface area contributed by atoms with Crippen LogP contribution in [-0.4, -0.2) is 45.4 Å². The van der Waals surface area contributed by atoms with Gasteiger partial charge in [0.05, 0.1) is 12.9 Å². The molecule has 3 saturated carbocycles. The lowest BCUT2D eigenvalue weighted by molar-refractivity contribution is -0.149. The van der Waals surface area contributed by atoms with Crippen LogP contribution in [0.25, 0.3) is 0 Å². The summed E-state index contributed by atoms with van der Waals surface area (Å²) in [7, 11) is -3.59. The van der Waals surface area contributed by atoms with Crippen molar-refractivity contribution >= 4 is 27.7 Å². The van der Waals surface area contributed by atoms with Crippen molar-refractivity contribution < 1.29 is 31.7 Å². The highest BCUT2D eigenvalue weighted by molar-refractivity contribution is 7.85. The summed E-state index contributed by atoms with van der Waals surface area (Å²) in [5.74, 6) is 0.562. The molecule has 0 spiro atoms. The summed E-state index contributed by atoms with van der Waals surface area (Å²) in [5, 5.41) is 0. The fourth-order valence-corrected chi connectivity index (χ4v) is 8.07. The van der Waals surface area contributed by atoms with E-state index in [-0.39, 0.29) is 42.0 Å². The molecule has 0 bridgehead atoms. The van der Waals surface area contributed by atoms with E-state index >= 15 is 0 Å². The van der Waals surface area contributed by atoms with Gasteiger partial charge in [0.1, 0.15) is 6.61 Å². The number of esters is 1. The molecule has 0 unspecified atom stereocenters. The first kappa shape index (κ1) is 23.6. The lowest BCUT2D eigenvalue weighted by atomic mass is 9.46. The number of hydrogen-bond acceptors (Lipinski definition) is 7. The molecule has 0 heterocycles. The van der Waals surface area contributed by atoms with Crippen LogP contribution in [0.1, 0.15) is 65.2 Å². The second-order valence-electron chi connectivity index (χ2n) is 10.6. The average Bonchev–Trinajstić information content (AvgIpc) is 3.07. The Bertz CT molecular complexity index is 951. The Morgan fingerprint density at radius 2 is 1.84 bits per heavy atom. The summed E-state index contributed by atoms with van der Waals surface area (Å²) < 4.78 is 34.1. The van der Waals surface area contributed by atoms with Gasteiger partial charge in [0.2, 0.25) is 0 Å². The van der Waals surface area contributed by atoms with E-state index in [0.29, 0.717) is 24.7 Å². The van der Waals surface area contributed by atoms with Gasteiger partial charge in [0.25, 0.3) is 10.1 Å². The van der Waals surface area contributed by atoms with Gasteiger partial charge in [-0.2, -0.15) is 8.42 Å². The predicted octanol–water partition coefficient (Wildman–Crippen LogP) is 3.22. The summed E-state index contributed by atoms with van der Waals surface area (Å²) in [6.45, 7) is 3.48. The van der Waals surface area contributed by atoms with Crippen LogP contribution in [0.3, 0.4) is 0 Å². The molecular weight excluding hydrogens is 432 g/mol. The highest BCUT2D eigenvalue weighted by atomic mass is 32.2. The standard InChI is InChI=1S/C24H34O7S/c1-15(25)30-13-22(27)21-7-6-19-18-5-4-16-12-17(26)8-11-24(16,14-31-32(3,28)29)20(18)9-10-23(19,21)2/h12,18-21H,4-11,13-14H2,1-3H3/t18-,19-,20-,21+,23-,24+/m0/s1. The van der Waals surface area contributed by atoms with Crippen LogP contribution in [0.5, 0.6) is 0 Å². The first-order chi connectivity index (χ1) is 15.0. The van der Waals surface area contributed by atoms with Crippen molar-refractivity contribution in [1.82, 2.24) is 0 Å². The van der Waals surface area contributed by atoms with E-state index in [9.17, 15) is 22.8 Å². The minimum Gasteiger partial charge on any atom is -0.458 e. The minimum absolute atomic E-state index is 0.0124. The van der Waals surface area contributed by atoms with Crippen LogP contribution in [-0.2, 0) is 33.4 Å². The molecule has 0 aliphatic heterocycles. The molecule has 0 N–H and O–H groups in total. The van der Waals surface area contributed by atoms with E-state index in [2.05, 4.69) is 6.92 Å². The van der Waals surface area contributed by atoms with Crippen LogP contribution in [0.15, 0.2) is 11.6 Å². The first-order valence-electron chi connectivity index (χ1n) is 11.7. The molecule has 0 saturated heterocycles. The number of carbonyl (C=O) groups is 3. The van der Waals surface area contributed by atoms with Gasteiger partial charge in [0.15, 0.2) is 11.6 Å². The molecule has 8 heteroatoms. The maximum Gasteiger partial charge on any atom is 0.303 e. The normalized spacial score (nSPS) is 38.8. The molecule has 178 valence electrons. The molecule has 0 aromatic rings. The fraction of sp³-hybridized carbons (Fsp3) is 0.792. The quantitative estimate of drug-likeness (QED) is 0.437. The van der Waals surface area contributed by atoms with E-state index in [1.807, 2.05) is 0 Å². The third-order valence-corrected chi connectivity index (χ3v) is 9.57. The summed E-state index contributed by atoms with van der Waals surface area (Å²) in [5.41, 5.74) is 0.507. The largest absolute Gasteiger partial charge is 0.458 e. The van der Waals surface area contributed by atoms with Gasteiger partial charge in [-0.3, -0.25) is 18.6 Å². The first-order valence-corrected chi connectivity index (χ1v) is 13.5. The highest BCUT2D eigenvalue weighted by Crippen LogP contribution is 2.66. The second-order valence-corrected chi connectivity index (χ2v) is 12.2. The third kappa shape index (κ3) is 4.09. The minimum atomic E-state index is -3.59. The zero-order valence-electron chi connectivity index (χ0n) is 19.2. The van der Waals surface area contributed by atoms with Crippen LogP contribution in [0, 0.1) is 34.5 Å². The molecule has 3 fully saturated rings. The molecule has 0 aromatic carbocycles. The molecule has 0 amide bonds. The van der Waals surface area contributed by atoms with Gasteiger partial charge < -0.3 is 4.74 Å². The Hall–Kier alpha value is -1.54. The molecule has 7 nitrogen and oxygen atoms in total. The molecule has 4 rings (SSSR count). The van der Waals surface area contributed by atoms with Crippen molar-refractivity contribution in [2.24, 2.45) is 34.5 Å². The number of fused-ring (bicyclic) bond motifs is 5. The van der Waals surface area contributed by atoms with Crippen molar-refractivity contribution in [3.8, 4) is 0 Å². The number of hydrogen-bond donors (Lipinski definition) is 0. The summed E-state index contributed by atoms with van der Waals surface area (Å²) >= 11 is 0. The van der Waals surface area contributed by atoms with E-state index < -0.39 is 21.5 Å². The van der Waals surface area contributed by atoms with Crippen LogP contribution >= 0.6 is 0 Å². The zero-order chi connectivity index (χ0) is 23.3. The second kappa shape index (κ2) is 8.35. The van der Waals surface area contributed by atoms with Crippen molar-refractivity contribution in [2.75, 3.05) is 19.5 Å². The zero-order valence-corrected chi connectivity index (χ0v) is 20.0. The van der Waals surface area contributed by atoms with Crippen molar-refractivity contribution in [3.63, 3.8) is 0 Å². The van der Waals surface area contributed by atoms with Crippen LogP contribution in [0.2, 0.25) is 0 Å². The maximum atomic E-state index is 12.9. The van der Waals surface area contributed by atoms with Gasteiger partial charge in [0, 0.05) is 24.7 Å². The van der Waals surface area contributed by atoms with Crippen LogP contribution < -0.4 is 0 Å². The predicted molar refractivity (Wildman–Crippen MR) is 117 cm³/mol. The van der Waals surface area contributed by atoms with Crippen molar-refractivity contribution in [2.45, 2.75) is 65.2 Å². The van der Waals surface area contributed by atoms with E-state index in [4.69, 9.17) is 8.92 Å². The molecular formula is C24H34O7S. The van der Waals surface area contributed by atoms with Gasteiger partial charge in [-0.05, 0) is 74.2 Å². The topological polar surface area (TPSA) is 104 Å². The molecule has 4 aliphatic rings. The molecule has 0 radical (unpaired) electrons. The Morgan fingerprint density at radius 3 is 2.53 bits per heavy atom. The number of ether oxygens (including phenoxy) is 1. The Kier molecular flexibility index (Phi) is 6.16. The van der Waals surface area contributed by atoms with Crippen molar-refractivity contribution in [1.29, 1.82) is 0 Å². The lowest BCUT2D eigenvalue weighted by Crippen LogP contribution is -2.54.